The molecule has 2 N–H and O–H groups in total. The second-order valence-corrected chi connectivity index (χ2v) is 9.32. The van der Waals surface area contributed by atoms with E-state index in [1.54, 1.807) is 23.6 Å². The lowest BCUT2D eigenvalue weighted by molar-refractivity contribution is -0.132. The molecule has 0 bridgehead atoms. The van der Waals surface area contributed by atoms with E-state index in [1.807, 2.05) is 0 Å². The number of halogens is 3. The van der Waals surface area contributed by atoms with Crippen LogP contribution in [0.25, 0.3) is 17.3 Å². The van der Waals surface area contributed by atoms with Crippen LogP contribution >= 0.6 is 34.5 Å². The number of hydrogen-bond donors (Lipinski definition) is 2. The van der Waals surface area contributed by atoms with Crippen molar-refractivity contribution in [2.45, 2.75) is 33.1 Å². The van der Waals surface area contributed by atoms with Crippen molar-refractivity contribution in [1.29, 1.82) is 0 Å². The average molecular weight is 537 g/mol. The van der Waals surface area contributed by atoms with Crippen LogP contribution in [-0.4, -0.2) is 28.6 Å². The summed E-state index contributed by atoms with van der Waals surface area (Å²) in [6, 6.07) is 7.63. The van der Waals surface area contributed by atoms with Gasteiger partial charge in [-0.05, 0) is 43.7 Å². The fourth-order valence-corrected chi connectivity index (χ4v) is 4.41. The van der Waals surface area contributed by atoms with E-state index in [2.05, 4.69) is 17.2 Å². The highest BCUT2D eigenvalue weighted by Crippen LogP contribution is 2.33. The van der Waals surface area contributed by atoms with Crippen molar-refractivity contribution in [2.75, 3.05) is 11.9 Å². The second-order valence-electron chi connectivity index (χ2n) is 7.65. The first-order chi connectivity index (χ1) is 16.7. The van der Waals surface area contributed by atoms with Crippen molar-refractivity contribution in [3.05, 3.63) is 68.3 Å². The molecule has 0 aliphatic carbocycles. The van der Waals surface area contributed by atoms with Crippen molar-refractivity contribution in [1.82, 2.24) is 4.98 Å². The quantitative estimate of drug-likeness (QED) is 0.206. The molecule has 0 unspecified atom stereocenters. The monoisotopic (exact) mass is 536 g/mol. The first kappa shape index (κ1) is 26.7. The van der Waals surface area contributed by atoms with Gasteiger partial charge in [-0.1, -0.05) is 49.0 Å². The number of hydrogen-bond acceptors (Lipinski definition) is 5. The Bertz CT molecular complexity index is 1250. The lowest BCUT2D eigenvalue weighted by Gasteiger charge is -2.09. The van der Waals surface area contributed by atoms with Crippen LogP contribution in [0.3, 0.4) is 0 Å². The van der Waals surface area contributed by atoms with Gasteiger partial charge >= 0.3 is 5.97 Å². The Hall–Kier alpha value is -2.94. The molecule has 0 saturated carbocycles. The lowest BCUT2D eigenvalue weighted by Crippen LogP contribution is -2.12. The number of carbonyl (C=O) groups is 2. The molecule has 10 heteroatoms. The number of nitrogens with one attached hydrogen (secondary N) is 1. The predicted octanol–water partition coefficient (Wildman–Crippen LogP) is 7.57. The number of rotatable bonds is 10. The summed E-state index contributed by atoms with van der Waals surface area (Å²) < 4.78 is 20.5. The Labute approximate surface area is 216 Å². The van der Waals surface area contributed by atoms with Crippen molar-refractivity contribution < 1.29 is 23.8 Å². The normalized spacial score (nSPS) is 11.4. The number of anilines is 1. The number of carboxylic acids is 1. The number of benzene rings is 2. The molecule has 0 saturated heterocycles. The van der Waals surface area contributed by atoms with Crippen LogP contribution in [0.1, 0.15) is 49.0 Å². The third-order valence-corrected chi connectivity index (χ3v) is 6.39. The van der Waals surface area contributed by atoms with Crippen LogP contribution in [0.5, 0.6) is 5.75 Å². The molecule has 0 aliphatic rings. The van der Waals surface area contributed by atoms with Crippen molar-refractivity contribution >= 4 is 57.6 Å². The number of ether oxygens (including phenoxy) is 1. The van der Waals surface area contributed by atoms with E-state index >= 15 is 0 Å². The second kappa shape index (κ2) is 12.2. The van der Waals surface area contributed by atoms with Crippen LogP contribution in [0.4, 0.5) is 9.52 Å². The van der Waals surface area contributed by atoms with Gasteiger partial charge in [-0.15, -0.1) is 11.3 Å². The molecule has 3 aromatic rings. The third kappa shape index (κ3) is 6.81. The van der Waals surface area contributed by atoms with Gasteiger partial charge in [0.05, 0.1) is 22.3 Å². The molecule has 35 heavy (non-hydrogen) atoms. The minimum atomic E-state index is -1.11. The average Bonchev–Trinajstić information content (AvgIpc) is 3.27. The first-order valence-electron chi connectivity index (χ1n) is 10.8. The summed E-state index contributed by atoms with van der Waals surface area (Å²) in [5.41, 5.74) is 1.14. The van der Waals surface area contributed by atoms with Crippen LogP contribution in [0, 0.1) is 5.82 Å². The Morgan fingerprint density at radius 2 is 1.94 bits per heavy atom. The molecule has 1 amide bonds. The number of unbranched alkanes of at least 4 members (excludes halogenated alkanes) is 2. The highest BCUT2D eigenvalue weighted by molar-refractivity contribution is 7.14. The predicted molar refractivity (Wildman–Crippen MR) is 138 cm³/mol. The molecule has 2 aromatic carbocycles. The lowest BCUT2D eigenvalue weighted by atomic mass is 10.1. The first-order valence-corrected chi connectivity index (χ1v) is 12.4. The van der Waals surface area contributed by atoms with Gasteiger partial charge in [0.25, 0.3) is 5.91 Å². The summed E-state index contributed by atoms with van der Waals surface area (Å²) in [7, 11) is 0. The van der Waals surface area contributed by atoms with Gasteiger partial charge in [-0.3, -0.25) is 10.1 Å². The van der Waals surface area contributed by atoms with Crippen LogP contribution in [-0.2, 0) is 4.79 Å². The summed E-state index contributed by atoms with van der Waals surface area (Å²) in [6.45, 7) is 3.92. The molecule has 6 nitrogen and oxygen atoms in total. The number of carboxylic acid groups (broad SMARTS) is 1. The van der Waals surface area contributed by atoms with Gasteiger partial charge < -0.3 is 9.84 Å². The van der Waals surface area contributed by atoms with Gasteiger partial charge in [0.1, 0.15) is 0 Å². The minimum absolute atomic E-state index is 0.0453. The Morgan fingerprint density at radius 3 is 2.60 bits per heavy atom. The Balaban J connectivity index is 1.76. The Kier molecular flexibility index (Phi) is 9.26. The van der Waals surface area contributed by atoms with E-state index in [4.69, 9.17) is 33.0 Å². The third-order valence-electron chi connectivity index (χ3n) is 5.01. The highest BCUT2D eigenvalue weighted by Gasteiger charge is 2.17. The Morgan fingerprint density at radius 1 is 1.23 bits per heavy atom. The number of nitrogens with zero attached hydrogens (tertiary/aromatic N) is 1. The van der Waals surface area contributed by atoms with Crippen LogP contribution < -0.4 is 10.1 Å². The van der Waals surface area contributed by atoms with Crippen LogP contribution in [0.15, 0.2) is 41.3 Å². The molecule has 0 aliphatic heterocycles. The molecule has 3 rings (SSSR count). The number of thiazole rings is 1. The standard InChI is InChI=1S/C25H23Cl2FN2O4S/c1-3-4-5-9-34-21-8-6-7-16(22(21)28)20-13-35-25(29-20)30-23(31)15-11-18(26)17(19(27)12-15)10-14(2)24(32)33/h6-8,10-13H,3-5,9H2,1-2H3,(H,32,33)(H,29,30,31)/b14-10+. The number of aromatic nitrogens is 1. The topological polar surface area (TPSA) is 88.5 Å². The fraction of sp³-hybridized carbons (Fsp3) is 0.240. The van der Waals surface area contributed by atoms with E-state index in [0.29, 0.717) is 17.9 Å². The summed E-state index contributed by atoms with van der Waals surface area (Å²) in [5, 5.41) is 13.9. The maximum absolute atomic E-state index is 15.0. The minimum Gasteiger partial charge on any atom is -0.490 e. The molecule has 0 fully saturated rings. The summed E-state index contributed by atoms with van der Waals surface area (Å²) in [5.74, 6) is -1.97. The van der Waals surface area contributed by atoms with Crippen molar-refractivity contribution in [3.8, 4) is 17.0 Å². The molecule has 0 radical (unpaired) electrons. The molecule has 0 atom stereocenters. The maximum atomic E-state index is 15.0. The van der Waals surface area contributed by atoms with Crippen molar-refractivity contribution in [2.24, 2.45) is 0 Å². The molecule has 0 spiro atoms. The summed E-state index contributed by atoms with van der Waals surface area (Å²) in [4.78, 5) is 28.1. The number of carbonyl (C=O) groups excluding carboxylic acids is 1. The molecular formula is C25H23Cl2FN2O4S. The molecule has 1 heterocycles. The largest absolute Gasteiger partial charge is 0.490 e. The van der Waals surface area contributed by atoms with E-state index in [0.717, 1.165) is 30.6 Å². The van der Waals surface area contributed by atoms with Crippen molar-refractivity contribution in [3.63, 3.8) is 0 Å². The zero-order valence-corrected chi connectivity index (χ0v) is 21.4. The van der Waals surface area contributed by atoms with E-state index in [-0.39, 0.29) is 37.6 Å². The molecular weight excluding hydrogens is 514 g/mol. The maximum Gasteiger partial charge on any atom is 0.331 e. The number of aliphatic carboxylic acids is 1. The zero-order chi connectivity index (χ0) is 25.5. The number of amides is 1. The van der Waals surface area contributed by atoms with Gasteiger partial charge in [-0.2, -0.15) is 0 Å². The van der Waals surface area contributed by atoms with Gasteiger partial charge in [0.15, 0.2) is 16.7 Å². The van der Waals surface area contributed by atoms with Gasteiger partial charge in [0, 0.05) is 27.6 Å². The molecule has 184 valence electrons. The van der Waals surface area contributed by atoms with E-state index < -0.39 is 17.7 Å². The fourth-order valence-electron chi connectivity index (χ4n) is 3.11. The van der Waals surface area contributed by atoms with Gasteiger partial charge in [-0.25, -0.2) is 14.2 Å². The smallest absolute Gasteiger partial charge is 0.331 e. The zero-order valence-electron chi connectivity index (χ0n) is 19.0. The highest BCUT2D eigenvalue weighted by atomic mass is 35.5. The summed E-state index contributed by atoms with van der Waals surface area (Å²) in [6.07, 6.45) is 4.23. The van der Waals surface area contributed by atoms with Gasteiger partial charge in [0.2, 0.25) is 0 Å². The molecule has 1 aromatic heterocycles. The van der Waals surface area contributed by atoms with E-state index in [9.17, 15) is 14.0 Å². The SMILES string of the molecule is CCCCCOc1cccc(-c2csc(NC(=O)c3cc(Cl)c(/C=C(\C)C(=O)O)c(Cl)c3)n2)c1F. The van der Waals surface area contributed by atoms with Crippen LogP contribution in [0.2, 0.25) is 10.0 Å². The van der Waals surface area contributed by atoms with E-state index in [1.165, 1.54) is 25.1 Å². The summed E-state index contributed by atoms with van der Waals surface area (Å²) >= 11 is 13.6.